The minimum absolute atomic E-state index is 0.515. The number of nitrogens with zero attached hydrogens (tertiary/aromatic N) is 2. The molecule has 2 aromatic rings. The van der Waals surface area contributed by atoms with Gasteiger partial charge < -0.3 is 0 Å². The number of hydrogen-bond donors (Lipinski definition) is 0. The molecule has 0 fully saturated rings. The highest BCUT2D eigenvalue weighted by Gasteiger charge is 2.09. The van der Waals surface area contributed by atoms with Crippen LogP contribution in [0, 0.1) is 13.8 Å². The monoisotopic (exact) mass is 228 g/mol. The summed E-state index contributed by atoms with van der Waals surface area (Å²) in [6.07, 6.45) is 0. The highest BCUT2D eigenvalue weighted by molar-refractivity contribution is 5.22. The molecule has 90 valence electrons. The van der Waals surface area contributed by atoms with E-state index >= 15 is 0 Å². The maximum atomic E-state index is 4.57. The second-order valence-electron chi connectivity index (χ2n) is 5.01. The molecule has 0 aliphatic heterocycles. The van der Waals surface area contributed by atoms with Crippen molar-refractivity contribution in [1.29, 1.82) is 0 Å². The number of aryl methyl sites for hydroxylation is 2. The SMILES string of the molecule is Cc1ccc(Cn2nc(C)cc2C(C)C)cc1. The van der Waals surface area contributed by atoms with E-state index in [1.165, 1.54) is 16.8 Å². The van der Waals surface area contributed by atoms with E-state index in [4.69, 9.17) is 0 Å². The van der Waals surface area contributed by atoms with Crippen LogP contribution in [0.1, 0.15) is 42.3 Å². The first-order chi connectivity index (χ1) is 8.06. The molecular formula is C15H20N2. The maximum absolute atomic E-state index is 4.57. The lowest BCUT2D eigenvalue weighted by atomic mass is 10.1. The van der Waals surface area contributed by atoms with Crippen molar-refractivity contribution in [3.05, 3.63) is 52.8 Å². The Morgan fingerprint density at radius 3 is 2.35 bits per heavy atom. The van der Waals surface area contributed by atoms with Crippen LogP contribution in [0.2, 0.25) is 0 Å². The van der Waals surface area contributed by atoms with Gasteiger partial charge in [0.2, 0.25) is 0 Å². The van der Waals surface area contributed by atoms with Crippen LogP contribution in [0.3, 0.4) is 0 Å². The van der Waals surface area contributed by atoms with Crippen LogP contribution in [-0.4, -0.2) is 9.78 Å². The lowest BCUT2D eigenvalue weighted by Crippen LogP contribution is -2.07. The molecule has 0 amide bonds. The fraction of sp³-hybridized carbons (Fsp3) is 0.400. The standard InChI is InChI=1S/C15H20N2/c1-11(2)15-9-13(4)16-17(15)10-14-7-5-12(3)6-8-14/h5-9,11H,10H2,1-4H3. The van der Waals surface area contributed by atoms with Crippen molar-refractivity contribution in [2.45, 2.75) is 40.2 Å². The van der Waals surface area contributed by atoms with Gasteiger partial charge in [-0.05, 0) is 31.4 Å². The molecule has 0 aliphatic rings. The number of rotatable bonds is 3. The average molecular weight is 228 g/mol. The molecule has 2 rings (SSSR count). The Balaban J connectivity index is 2.26. The minimum Gasteiger partial charge on any atom is -0.265 e. The zero-order valence-electron chi connectivity index (χ0n) is 11.1. The quantitative estimate of drug-likeness (QED) is 0.783. The molecule has 17 heavy (non-hydrogen) atoms. The summed E-state index contributed by atoms with van der Waals surface area (Å²) < 4.78 is 2.12. The first-order valence-corrected chi connectivity index (χ1v) is 6.16. The fourth-order valence-electron chi connectivity index (χ4n) is 2.02. The van der Waals surface area contributed by atoms with E-state index in [0.29, 0.717) is 5.92 Å². The van der Waals surface area contributed by atoms with E-state index in [0.717, 1.165) is 12.2 Å². The van der Waals surface area contributed by atoms with E-state index in [2.05, 4.69) is 67.8 Å². The molecule has 1 aromatic carbocycles. The third kappa shape index (κ3) is 2.76. The first kappa shape index (κ1) is 11.9. The Morgan fingerprint density at radius 1 is 1.12 bits per heavy atom. The van der Waals surface area contributed by atoms with Crippen LogP contribution < -0.4 is 0 Å². The van der Waals surface area contributed by atoms with Gasteiger partial charge in [0.25, 0.3) is 0 Å². The maximum Gasteiger partial charge on any atom is 0.0662 e. The molecule has 0 radical (unpaired) electrons. The zero-order chi connectivity index (χ0) is 12.4. The van der Waals surface area contributed by atoms with Gasteiger partial charge in [-0.3, -0.25) is 4.68 Å². The second kappa shape index (κ2) is 4.74. The van der Waals surface area contributed by atoms with Crippen LogP contribution in [0.15, 0.2) is 30.3 Å². The third-order valence-corrected chi connectivity index (χ3v) is 2.98. The summed E-state index contributed by atoms with van der Waals surface area (Å²) in [7, 11) is 0. The Bertz CT molecular complexity index is 492. The zero-order valence-corrected chi connectivity index (χ0v) is 11.1. The molecule has 0 saturated heterocycles. The molecule has 0 N–H and O–H groups in total. The van der Waals surface area contributed by atoms with Crippen molar-refractivity contribution >= 4 is 0 Å². The van der Waals surface area contributed by atoms with Crippen molar-refractivity contribution in [3.63, 3.8) is 0 Å². The summed E-state index contributed by atoms with van der Waals surface area (Å²) in [5.74, 6) is 0.515. The molecule has 0 spiro atoms. The lowest BCUT2D eigenvalue weighted by molar-refractivity contribution is 0.614. The normalized spacial score (nSPS) is 11.1. The van der Waals surface area contributed by atoms with Crippen LogP contribution in [0.5, 0.6) is 0 Å². The molecule has 0 aliphatic carbocycles. The van der Waals surface area contributed by atoms with Gasteiger partial charge in [0.1, 0.15) is 0 Å². The van der Waals surface area contributed by atoms with Gasteiger partial charge in [0.05, 0.1) is 12.2 Å². The number of hydrogen-bond acceptors (Lipinski definition) is 1. The molecule has 0 bridgehead atoms. The average Bonchev–Trinajstić information content (AvgIpc) is 2.63. The molecular weight excluding hydrogens is 208 g/mol. The van der Waals surface area contributed by atoms with E-state index < -0.39 is 0 Å². The van der Waals surface area contributed by atoms with Crippen molar-refractivity contribution in [2.75, 3.05) is 0 Å². The largest absolute Gasteiger partial charge is 0.265 e. The highest BCUT2D eigenvalue weighted by atomic mass is 15.3. The van der Waals surface area contributed by atoms with Gasteiger partial charge in [0, 0.05) is 5.69 Å². The second-order valence-corrected chi connectivity index (χ2v) is 5.01. The summed E-state index contributed by atoms with van der Waals surface area (Å²) in [6, 6.07) is 10.8. The van der Waals surface area contributed by atoms with Crippen LogP contribution in [0.4, 0.5) is 0 Å². The van der Waals surface area contributed by atoms with E-state index in [-0.39, 0.29) is 0 Å². The Morgan fingerprint density at radius 2 is 1.76 bits per heavy atom. The molecule has 2 heteroatoms. The van der Waals surface area contributed by atoms with E-state index in [1.807, 2.05) is 0 Å². The van der Waals surface area contributed by atoms with Crippen LogP contribution >= 0.6 is 0 Å². The molecule has 0 saturated carbocycles. The van der Waals surface area contributed by atoms with E-state index in [1.54, 1.807) is 0 Å². The van der Waals surface area contributed by atoms with Gasteiger partial charge >= 0.3 is 0 Å². The molecule has 1 aromatic heterocycles. The minimum atomic E-state index is 0.515. The Labute approximate surface area is 103 Å². The van der Waals surface area contributed by atoms with Crippen LogP contribution in [0.25, 0.3) is 0 Å². The number of benzene rings is 1. The van der Waals surface area contributed by atoms with Gasteiger partial charge in [0.15, 0.2) is 0 Å². The molecule has 0 unspecified atom stereocenters. The van der Waals surface area contributed by atoms with Crippen molar-refractivity contribution in [2.24, 2.45) is 0 Å². The molecule has 0 atom stereocenters. The Kier molecular flexibility index (Phi) is 3.32. The van der Waals surface area contributed by atoms with Gasteiger partial charge in [-0.15, -0.1) is 0 Å². The predicted octanol–water partition coefficient (Wildman–Crippen LogP) is 3.67. The van der Waals surface area contributed by atoms with Gasteiger partial charge in [-0.25, -0.2) is 0 Å². The Hall–Kier alpha value is -1.57. The first-order valence-electron chi connectivity index (χ1n) is 6.16. The van der Waals surface area contributed by atoms with Gasteiger partial charge in [-0.1, -0.05) is 43.7 Å². The van der Waals surface area contributed by atoms with Gasteiger partial charge in [-0.2, -0.15) is 5.10 Å². The summed E-state index contributed by atoms with van der Waals surface area (Å²) in [5, 5.41) is 4.57. The summed E-state index contributed by atoms with van der Waals surface area (Å²) in [5.41, 5.74) is 5.01. The molecule has 2 nitrogen and oxygen atoms in total. The molecule has 1 heterocycles. The fourth-order valence-corrected chi connectivity index (χ4v) is 2.02. The highest BCUT2D eigenvalue weighted by Crippen LogP contribution is 2.17. The van der Waals surface area contributed by atoms with Crippen molar-refractivity contribution in [3.8, 4) is 0 Å². The number of aromatic nitrogens is 2. The topological polar surface area (TPSA) is 17.8 Å². The van der Waals surface area contributed by atoms with Crippen molar-refractivity contribution in [1.82, 2.24) is 9.78 Å². The third-order valence-electron chi connectivity index (χ3n) is 2.98. The smallest absolute Gasteiger partial charge is 0.0662 e. The summed E-state index contributed by atoms with van der Waals surface area (Å²) >= 11 is 0. The van der Waals surface area contributed by atoms with E-state index in [9.17, 15) is 0 Å². The predicted molar refractivity (Wildman–Crippen MR) is 71.3 cm³/mol. The summed E-state index contributed by atoms with van der Waals surface area (Å²) in [6.45, 7) is 9.45. The lowest BCUT2D eigenvalue weighted by Gasteiger charge is -2.10. The summed E-state index contributed by atoms with van der Waals surface area (Å²) in [4.78, 5) is 0. The van der Waals surface area contributed by atoms with Crippen LogP contribution in [-0.2, 0) is 6.54 Å². The van der Waals surface area contributed by atoms with Crippen molar-refractivity contribution < 1.29 is 0 Å².